The lowest BCUT2D eigenvalue weighted by Crippen LogP contribution is -2.51. The van der Waals surface area contributed by atoms with Crippen molar-refractivity contribution in [1.82, 2.24) is 10.2 Å². The molecule has 0 aromatic heterocycles. The van der Waals surface area contributed by atoms with Crippen LogP contribution in [-0.2, 0) is 4.79 Å². The van der Waals surface area contributed by atoms with Crippen molar-refractivity contribution in [3.05, 3.63) is 0 Å². The van der Waals surface area contributed by atoms with E-state index in [1.54, 1.807) is 0 Å². The lowest BCUT2D eigenvalue weighted by Gasteiger charge is -2.38. The fourth-order valence-corrected chi connectivity index (χ4v) is 2.91. The van der Waals surface area contributed by atoms with Crippen molar-refractivity contribution in [1.29, 1.82) is 0 Å². The van der Waals surface area contributed by atoms with Gasteiger partial charge in [-0.1, -0.05) is 41.0 Å². The van der Waals surface area contributed by atoms with Crippen molar-refractivity contribution in [2.45, 2.75) is 66.3 Å². The molecule has 118 valence electrons. The highest BCUT2D eigenvalue weighted by Gasteiger charge is 2.28. The molecule has 1 saturated heterocycles. The van der Waals surface area contributed by atoms with Gasteiger partial charge >= 0.3 is 0 Å². The second kappa shape index (κ2) is 8.66. The largest absolute Gasteiger partial charge is 0.341 e. The molecule has 0 bridgehead atoms. The van der Waals surface area contributed by atoms with E-state index in [1.807, 2.05) is 0 Å². The Balaban J connectivity index is 2.48. The van der Waals surface area contributed by atoms with E-state index in [1.165, 1.54) is 19.3 Å². The molecule has 0 saturated carbocycles. The van der Waals surface area contributed by atoms with Crippen LogP contribution >= 0.6 is 0 Å². The summed E-state index contributed by atoms with van der Waals surface area (Å²) in [6.45, 7) is 13.9. The van der Waals surface area contributed by atoms with Gasteiger partial charge in [0.05, 0.1) is 0 Å². The first-order valence-corrected chi connectivity index (χ1v) is 8.43. The van der Waals surface area contributed by atoms with Gasteiger partial charge in [-0.05, 0) is 37.1 Å². The minimum Gasteiger partial charge on any atom is -0.341 e. The third-order valence-corrected chi connectivity index (χ3v) is 4.20. The van der Waals surface area contributed by atoms with Gasteiger partial charge in [0.25, 0.3) is 0 Å². The molecule has 1 fully saturated rings. The average molecular weight is 282 g/mol. The van der Waals surface area contributed by atoms with Crippen LogP contribution in [-0.4, -0.2) is 36.5 Å². The molecule has 0 radical (unpaired) electrons. The molecular weight excluding hydrogens is 248 g/mol. The Morgan fingerprint density at radius 1 is 1.20 bits per heavy atom. The first kappa shape index (κ1) is 17.5. The summed E-state index contributed by atoms with van der Waals surface area (Å²) in [4.78, 5) is 14.4. The van der Waals surface area contributed by atoms with Gasteiger partial charge in [0, 0.05) is 25.6 Å². The average Bonchev–Trinajstić information content (AvgIpc) is 2.37. The maximum Gasteiger partial charge on any atom is 0.222 e. The minimum absolute atomic E-state index is 0.341. The predicted molar refractivity (Wildman–Crippen MR) is 85.7 cm³/mol. The van der Waals surface area contributed by atoms with Crippen LogP contribution in [0, 0.1) is 17.8 Å². The number of carbonyl (C=O) groups excluding carboxylic acids is 1. The Bertz CT molecular complexity index is 289. The van der Waals surface area contributed by atoms with Crippen LogP contribution in [0.15, 0.2) is 0 Å². The topological polar surface area (TPSA) is 32.3 Å². The van der Waals surface area contributed by atoms with Gasteiger partial charge in [-0.2, -0.15) is 0 Å². The highest BCUT2D eigenvalue weighted by Crippen LogP contribution is 2.21. The first-order valence-electron chi connectivity index (χ1n) is 8.43. The Kier molecular flexibility index (Phi) is 7.57. The zero-order chi connectivity index (χ0) is 15.1. The summed E-state index contributed by atoms with van der Waals surface area (Å²) in [5.74, 6) is 2.20. The fourth-order valence-electron chi connectivity index (χ4n) is 2.91. The highest BCUT2D eigenvalue weighted by molar-refractivity contribution is 5.76. The van der Waals surface area contributed by atoms with Gasteiger partial charge in [0.15, 0.2) is 0 Å². The summed E-state index contributed by atoms with van der Waals surface area (Å²) < 4.78 is 0. The zero-order valence-electron chi connectivity index (χ0n) is 14.1. The molecule has 1 rings (SSSR count). The third kappa shape index (κ3) is 6.25. The van der Waals surface area contributed by atoms with Gasteiger partial charge in [0.2, 0.25) is 5.91 Å². The molecule has 1 amide bonds. The summed E-state index contributed by atoms with van der Waals surface area (Å²) in [7, 11) is 0. The number of nitrogens with zero attached hydrogens (tertiary/aromatic N) is 1. The van der Waals surface area contributed by atoms with Gasteiger partial charge < -0.3 is 10.2 Å². The van der Waals surface area contributed by atoms with E-state index in [9.17, 15) is 4.79 Å². The third-order valence-electron chi connectivity index (χ3n) is 4.20. The van der Waals surface area contributed by atoms with Crippen LogP contribution in [0.4, 0.5) is 0 Å². The second-order valence-electron chi connectivity index (χ2n) is 7.24. The molecule has 1 N–H and O–H groups in total. The molecular formula is C17H34N2O. The molecule has 0 aromatic rings. The molecule has 1 aliphatic heterocycles. The Hall–Kier alpha value is -0.570. The van der Waals surface area contributed by atoms with E-state index in [0.717, 1.165) is 25.6 Å². The van der Waals surface area contributed by atoms with Crippen LogP contribution in [0.2, 0.25) is 0 Å². The van der Waals surface area contributed by atoms with E-state index in [4.69, 9.17) is 0 Å². The first-order chi connectivity index (χ1) is 9.42. The molecule has 1 aliphatic rings. The van der Waals surface area contributed by atoms with Crippen molar-refractivity contribution in [2.75, 3.05) is 19.6 Å². The van der Waals surface area contributed by atoms with Gasteiger partial charge in [-0.15, -0.1) is 0 Å². The number of rotatable bonds is 7. The van der Waals surface area contributed by atoms with Crippen molar-refractivity contribution in [3.63, 3.8) is 0 Å². The van der Waals surface area contributed by atoms with Gasteiger partial charge in [-0.25, -0.2) is 0 Å². The van der Waals surface area contributed by atoms with Crippen molar-refractivity contribution < 1.29 is 4.79 Å². The summed E-state index contributed by atoms with van der Waals surface area (Å²) in [5, 5.41) is 3.66. The highest BCUT2D eigenvalue weighted by atomic mass is 16.2. The van der Waals surface area contributed by atoms with E-state index in [-0.39, 0.29) is 0 Å². The maximum absolute atomic E-state index is 12.3. The fraction of sp³-hybridized carbons (Fsp3) is 0.941. The molecule has 0 aromatic carbocycles. The summed E-state index contributed by atoms with van der Waals surface area (Å²) in [6.07, 6.45) is 4.30. The van der Waals surface area contributed by atoms with Crippen molar-refractivity contribution >= 4 is 5.91 Å². The summed E-state index contributed by atoms with van der Waals surface area (Å²) in [6, 6.07) is 0.489. The quantitative estimate of drug-likeness (QED) is 0.777. The smallest absolute Gasteiger partial charge is 0.222 e. The molecule has 3 heteroatoms. The predicted octanol–water partition coefficient (Wildman–Crippen LogP) is 3.30. The van der Waals surface area contributed by atoms with Crippen LogP contribution < -0.4 is 5.32 Å². The van der Waals surface area contributed by atoms with Crippen LogP contribution in [0.5, 0.6) is 0 Å². The standard InChI is InChI=1S/C17H34N2O/c1-6-15-10-16(18-8-7-13(2)3)12-19(11-15)17(20)9-14(4)5/h13-16,18H,6-12H2,1-5H3. The van der Waals surface area contributed by atoms with Crippen LogP contribution in [0.25, 0.3) is 0 Å². The Morgan fingerprint density at radius 3 is 2.45 bits per heavy atom. The Labute approximate surface area is 125 Å². The van der Waals surface area contributed by atoms with Gasteiger partial charge in [0.1, 0.15) is 0 Å². The molecule has 2 unspecified atom stereocenters. The van der Waals surface area contributed by atoms with E-state index in [2.05, 4.69) is 44.8 Å². The van der Waals surface area contributed by atoms with Crippen molar-refractivity contribution in [3.8, 4) is 0 Å². The van der Waals surface area contributed by atoms with E-state index < -0.39 is 0 Å². The van der Waals surface area contributed by atoms with E-state index >= 15 is 0 Å². The number of carbonyl (C=O) groups is 1. The zero-order valence-corrected chi connectivity index (χ0v) is 14.1. The number of piperidine rings is 1. The van der Waals surface area contributed by atoms with Crippen LogP contribution in [0.3, 0.4) is 0 Å². The number of likely N-dealkylation sites (tertiary alicyclic amines) is 1. The molecule has 2 atom stereocenters. The number of amides is 1. The van der Waals surface area contributed by atoms with Gasteiger partial charge in [-0.3, -0.25) is 4.79 Å². The SMILES string of the molecule is CCC1CC(NCCC(C)C)CN(C(=O)CC(C)C)C1. The second-order valence-corrected chi connectivity index (χ2v) is 7.24. The summed E-state index contributed by atoms with van der Waals surface area (Å²) >= 11 is 0. The monoisotopic (exact) mass is 282 g/mol. The van der Waals surface area contributed by atoms with Crippen LogP contribution in [0.1, 0.15) is 60.3 Å². The molecule has 20 heavy (non-hydrogen) atoms. The normalized spacial score (nSPS) is 23.6. The number of nitrogens with one attached hydrogen (secondary N) is 1. The molecule has 1 heterocycles. The van der Waals surface area contributed by atoms with E-state index in [0.29, 0.717) is 30.2 Å². The number of hydrogen-bond donors (Lipinski definition) is 1. The molecule has 3 nitrogen and oxygen atoms in total. The summed E-state index contributed by atoms with van der Waals surface area (Å²) in [5.41, 5.74) is 0. The Morgan fingerprint density at radius 2 is 1.90 bits per heavy atom. The minimum atomic E-state index is 0.341. The molecule has 0 aliphatic carbocycles. The lowest BCUT2D eigenvalue weighted by atomic mass is 9.91. The number of hydrogen-bond acceptors (Lipinski definition) is 2. The molecule has 0 spiro atoms. The lowest BCUT2D eigenvalue weighted by molar-refractivity contribution is -0.134. The van der Waals surface area contributed by atoms with Crippen molar-refractivity contribution in [2.24, 2.45) is 17.8 Å². The maximum atomic E-state index is 12.3.